The van der Waals surface area contributed by atoms with Crippen LogP contribution in [-0.2, 0) is 14.3 Å². The Morgan fingerprint density at radius 1 is 0.972 bits per heavy atom. The summed E-state index contributed by atoms with van der Waals surface area (Å²) < 4.78 is 20.1. The van der Waals surface area contributed by atoms with Crippen LogP contribution in [0, 0.1) is 5.82 Å². The molecule has 180 valence electrons. The normalized spacial score (nSPS) is 10.8. The van der Waals surface area contributed by atoms with Gasteiger partial charge in [0.05, 0.1) is 11.4 Å². The van der Waals surface area contributed by atoms with E-state index in [1.165, 1.54) is 48.6 Å². The van der Waals surface area contributed by atoms with Crippen molar-refractivity contribution in [2.24, 2.45) is 5.73 Å². The van der Waals surface area contributed by atoms with E-state index in [0.29, 0.717) is 28.1 Å². The van der Waals surface area contributed by atoms with E-state index in [9.17, 15) is 18.8 Å². The van der Waals surface area contributed by atoms with Crippen molar-refractivity contribution in [3.63, 3.8) is 0 Å². The van der Waals surface area contributed by atoms with Crippen molar-refractivity contribution in [2.45, 2.75) is 0 Å². The lowest BCUT2D eigenvalue weighted by Crippen LogP contribution is -2.20. The highest BCUT2D eigenvalue weighted by Gasteiger charge is 2.12. The molecular weight excluding hydrogens is 463 g/mol. The third-order valence-electron chi connectivity index (χ3n) is 5.08. The largest absolute Gasteiger partial charge is 0.452 e. The minimum absolute atomic E-state index is 0.306. The number of nitrogens with two attached hydrogens (primary N) is 1. The minimum atomic E-state index is -0.730. The van der Waals surface area contributed by atoms with Gasteiger partial charge >= 0.3 is 5.97 Å². The van der Waals surface area contributed by atoms with E-state index in [-0.39, 0.29) is 5.82 Å². The highest BCUT2D eigenvalue weighted by molar-refractivity contribution is 5.96. The summed E-state index contributed by atoms with van der Waals surface area (Å²) in [6, 6.07) is 21.2. The Labute approximate surface area is 205 Å². The first-order valence-electron chi connectivity index (χ1n) is 10.8. The third kappa shape index (κ3) is 6.09. The van der Waals surface area contributed by atoms with E-state index in [4.69, 9.17) is 10.5 Å². The Morgan fingerprint density at radius 3 is 2.33 bits per heavy atom. The number of hydrogen-bond donors (Lipinski definition) is 2. The number of carbonyl (C=O) groups excluding carboxylic acids is 3. The second-order valence-electron chi connectivity index (χ2n) is 7.65. The van der Waals surface area contributed by atoms with Crippen LogP contribution in [0.25, 0.3) is 23.0 Å². The quantitative estimate of drug-likeness (QED) is 0.290. The predicted molar refractivity (Wildman–Crippen MR) is 133 cm³/mol. The van der Waals surface area contributed by atoms with Gasteiger partial charge in [-0.3, -0.25) is 9.59 Å². The fraction of sp³-hybridized carbons (Fsp3) is 0.0370. The van der Waals surface area contributed by atoms with Crippen molar-refractivity contribution in [3.8, 4) is 16.9 Å². The number of aromatic nitrogens is 2. The lowest BCUT2D eigenvalue weighted by atomic mass is 10.1. The van der Waals surface area contributed by atoms with Gasteiger partial charge in [-0.15, -0.1) is 0 Å². The van der Waals surface area contributed by atoms with E-state index in [2.05, 4.69) is 10.4 Å². The highest BCUT2D eigenvalue weighted by Crippen LogP contribution is 2.25. The van der Waals surface area contributed by atoms with Gasteiger partial charge in [0.1, 0.15) is 5.82 Å². The van der Waals surface area contributed by atoms with Crippen LogP contribution in [0.4, 0.5) is 10.1 Å². The number of esters is 1. The molecule has 1 aromatic heterocycles. The first kappa shape index (κ1) is 24.1. The summed E-state index contributed by atoms with van der Waals surface area (Å²) in [5, 5.41) is 7.15. The Balaban J connectivity index is 1.43. The molecule has 2 amide bonds. The maximum Gasteiger partial charge on any atom is 0.331 e. The van der Waals surface area contributed by atoms with Gasteiger partial charge < -0.3 is 15.8 Å². The third-order valence-corrected chi connectivity index (χ3v) is 5.08. The average molecular weight is 484 g/mol. The van der Waals surface area contributed by atoms with Gasteiger partial charge in [-0.2, -0.15) is 5.10 Å². The zero-order chi connectivity index (χ0) is 25.5. The fourth-order valence-electron chi connectivity index (χ4n) is 3.31. The van der Waals surface area contributed by atoms with Gasteiger partial charge in [-0.25, -0.2) is 13.9 Å². The van der Waals surface area contributed by atoms with Gasteiger partial charge in [0.2, 0.25) is 5.91 Å². The summed E-state index contributed by atoms with van der Waals surface area (Å²) >= 11 is 0. The van der Waals surface area contributed by atoms with Gasteiger partial charge in [-0.1, -0.05) is 18.2 Å². The molecule has 3 aromatic carbocycles. The molecule has 0 aliphatic heterocycles. The summed E-state index contributed by atoms with van der Waals surface area (Å²) in [5.41, 5.74) is 8.53. The van der Waals surface area contributed by atoms with Crippen molar-refractivity contribution in [3.05, 3.63) is 108 Å². The van der Waals surface area contributed by atoms with Crippen LogP contribution in [0.3, 0.4) is 0 Å². The van der Waals surface area contributed by atoms with Crippen molar-refractivity contribution < 1.29 is 23.5 Å². The zero-order valence-electron chi connectivity index (χ0n) is 18.9. The Morgan fingerprint density at radius 2 is 1.67 bits per heavy atom. The van der Waals surface area contributed by atoms with Crippen molar-refractivity contribution in [2.75, 3.05) is 11.9 Å². The lowest BCUT2D eigenvalue weighted by Gasteiger charge is -2.06. The smallest absolute Gasteiger partial charge is 0.331 e. The monoisotopic (exact) mass is 484 g/mol. The molecule has 36 heavy (non-hydrogen) atoms. The SMILES string of the molecule is NC(=O)c1ccc(NC(=O)COC(=O)/C=C/c2cn(-c3ccccc3)nc2-c2ccc(F)cc2)cc1. The van der Waals surface area contributed by atoms with Gasteiger partial charge in [0.15, 0.2) is 6.61 Å². The fourth-order valence-corrected chi connectivity index (χ4v) is 3.31. The molecule has 0 aliphatic rings. The number of ether oxygens (including phenoxy) is 1. The zero-order valence-corrected chi connectivity index (χ0v) is 18.9. The van der Waals surface area contributed by atoms with Crippen molar-refractivity contribution in [1.29, 1.82) is 0 Å². The van der Waals surface area contributed by atoms with Crippen molar-refractivity contribution >= 4 is 29.5 Å². The molecule has 0 radical (unpaired) electrons. The topological polar surface area (TPSA) is 116 Å². The summed E-state index contributed by atoms with van der Waals surface area (Å²) in [7, 11) is 0. The van der Waals surface area contributed by atoms with Gasteiger partial charge in [0.25, 0.3) is 5.91 Å². The maximum absolute atomic E-state index is 13.4. The maximum atomic E-state index is 13.4. The lowest BCUT2D eigenvalue weighted by molar-refractivity contribution is -0.142. The molecule has 0 unspecified atom stereocenters. The highest BCUT2D eigenvalue weighted by atomic mass is 19.1. The number of amides is 2. The Kier molecular flexibility index (Phi) is 7.30. The summed E-state index contributed by atoms with van der Waals surface area (Å²) in [6.45, 7) is -0.505. The van der Waals surface area contributed by atoms with E-state index >= 15 is 0 Å². The van der Waals surface area contributed by atoms with Crippen LogP contribution in [0.1, 0.15) is 15.9 Å². The molecule has 8 nitrogen and oxygen atoms in total. The molecule has 3 N–H and O–H groups in total. The van der Waals surface area contributed by atoms with E-state index in [1.54, 1.807) is 23.0 Å². The van der Waals surface area contributed by atoms with Crippen LogP contribution in [0.5, 0.6) is 0 Å². The van der Waals surface area contributed by atoms with E-state index in [0.717, 1.165) is 5.69 Å². The number of primary amides is 1. The van der Waals surface area contributed by atoms with Crippen LogP contribution in [0.15, 0.2) is 91.1 Å². The number of carbonyl (C=O) groups is 3. The number of nitrogens with one attached hydrogen (secondary N) is 1. The van der Waals surface area contributed by atoms with Crippen LogP contribution in [-0.4, -0.2) is 34.2 Å². The molecule has 0 fully saturated rings. The number of rotatable bonds is 8. The van der Waals surface area contributed by atoms with E-state index in [1.807, 2.05) is 30.3 Å². The molecule has 0 bridgehead atoms. The predicted octanol–water partition coefficient (Wildman–Crippen LogP) is 3.97. The molecule has 0 atom stereocenters. The molecule has 4 rings (SSSR count). The molecule has 0 aliphatic carbocycles. The van der Waals surface area contributed by atoms with Crippen molar-refractivity contribution in [1.82, 2.24) is 9.78 Å². The first-order chi connectivity index (χ1) is 17.4. The molecule has 1 heterocycles. The number of benzene rings is 3. The van der Waals surface area contributed by atoms with E-state index < -0.39 is 24.4 Å². The van der Waals surface area contributed by atoms with Crippen LogP contribution < -0.4 is 11.1 Å². The molecule has 0 saturated heterocycles. The molecule has 0 saturated carbocycles. The second-order valence-corrected chi connectivity index (χ2v) is 7.65. The molecule has 0 spiro atoms. The standard InChI is InChI=1S/C27H21FN4O4/c28-21-11-6-18(7-12-21)26-20(16-32(31-26)23-4-2-1-3-5-23)10-15-25(34)36-17-24(33)30-22-13-8-19(9-14-22)27(29)35/h1-16H,17H2,(H2,29,35)(H,30,33)/b15-10+. The van der Waals surface area contributed by atoms with Crippen LogP contribution >= 0.6 is 0 Å². The van der Waals surface area contributed by atoms with Crippen LogP contribution in [0.2, 0.25) is 0 Å². The summed E-state index contributed by atoms with van der Waals surface area (Å²) in [5.74, 6) is -2.23. The molecule has 4 aromatic rings. The Hall–Kier alpha value is -5.05. The summed E-state index contributed by atoms with van der Waals surface area (Å²) in [6.07, 6.45) is 4.45. The number of hydrogen-bond acceptors (Lipinski definition) is 5. The second kappa shape index (κ2) is 10.9. The number of nitrogens with zero attached hydrogens (tertiary/aromatic N) is 2. The summed E-state index contributed by atoms with van der Waals surface area (Å²) in [4.78, 5) is 35.4. The van der Waals surface area contributed by atoms with Gasteiger partial charge in [-0.05, 0) is 66.7 Å². The molecular formula is C27H21FN4O4. The average Bonchev–Trinajstić information content (AvgIpc) is 3.32. The van der Waals surface area contributed by atoms with Gasteiger partial charge in [0, 0.05) is 34.7 Å². The number of para-hydroxylation sites is 1. The number of anilines is 1. The molecule has 9 heteroatoms. The first-order valence-corrected chi connectivity index (χ1v) is 10.8. The Bertz CT molecular complexity index is 1410. The minimum Gasteiger partial charge on any atom is -0.452 e. The number of halogens is 1.